The highest BCUT2D eigenvalue weighted by molar-refractivity contribution is 5.57. The van der Waals surface area contributed by atoms with Gasteiger partial charge < -0.3 is 4.79 Å². The van der Waals surface area contributed by atoms with Crippen molar-refractivity contribution in [1.29, 1.82) is 0 Å². The average Bonchev–Trinajstić information content (AvgIpc) is 2.77. The standard InChI is InChI=1S/C12H19N3O/c1-2-15-9-11(7-13-15)8-14-6-4-3-5-12(14)10-16/h7,9-10,12H,2-6,8H2,1H3. The normalized spacial score (nSPS) is 22.2. The number of likely N-dealkylation sites (tertiary alicyclic amines) is 1. The highest BCUT2D eigenvalue weighted by Crippen LogP contribution is 2.17. The molecular weight excluding hydrogens is 202 g/mol. The van der Waals surface area contributed by atoms with Crippen LogP contribution in [0.2, 0.25) is 0 Å². The van der Waals surface area contributed by atoms with Crippen LogP contribution in [0.4, 0.5) is 0 Å². The third kappa shape index (κ3) is 2.50. The quantitative estimate of drug-likeness (QED) is 0.722. The molecule has 0 saturated carbocycles. The molecule has 1 aliphatic rings. The zero-order chi connectivity index (χ0) is 11.4. The molecule has 0 bridgehead atoms. The Bertz CT molecular complexity index is 348. The minimum Gasteiger partial charge on any atom is -0.302 e. The van der Waals surface area contributed by atoms with E-state index in [1.165, 1.54) is 18.4 Å². The molecule has 4 heteroatoms. The minimum absolute atomic E-state index is 0.110. The van der Waals surface area contributed by atoms with Gasteiger partial charge in [-0.3, -0.25) is 9.58 Å². The Morgan fingerprint density at radius 3 is 3.12 bits per heavy atom. The molecule has 0 radical (unpaired) electrons. The lowest BCUT2D eigenvalue weighted by molar-refractivity contribution is -0.113. The summed E-state index contributed by atoms with van der Waals surface area (Å²) >= 11 is 0. The van der Waals surface area contributed by atoms with Crippen LogP contribution in [-0.4, -0.2) is 33.6 Å². The Morgan fingerprint density at radius 1 is 1.56 bits per heavy atom. The SMILES string of the molecule is CCn1cc(CN2CCCCC2C=O)cn1. The van der Waals surface area contributed by atoms with Crippen LogP contribution in [0.25, 0.3) is 0 Å². The molecule has 1 saturated heterocycles. The number of carbonyl (C=O) groups is 1. The maximum absolute atomic E-state index is 11.0. The largest absolute Gasteiger partial charge is 0.302 e. The summed E-state index contributed by atoms with van der Waals surface area (Å²) in [5.41, 5.74) is 1.20. The van der Waals surface area contributed by atoms with Gasteiger partial charge in [0, 0.05) is 24.8 Å². The van der Waals surface area contributed by atoms with Gasteiger partial charge in [0.05, 0.1) is 12.2 Å². The van der Waals surface area contributed by atoms with Gasteiger partial charge in [-0.1, -0.05) is 6.42 Å². The van der Waals surface area contributed by atoms with Crippen LogP contribution < -0.4 is 0 Å². The predicted molar refractivity (Wildman–Crippen MR) is 62.0 cm³/mol. The van der Waals surface area contributed by atoms with Crippen molar-refractivity contribution in [3.63, 3.8) is 0 Å². The Morgan fingerprint density at radius 2 is 2.44 bits per heavy atom. The van der Waals surface area contributed by atoms with Gasteiger partial charge in [0.2, 0.25) is 0 Å². The lowest BCUT2D eigenvalue weighted by Crippen LogP contribution is -2.39. The van der Waals surface area contributed by atoms with Crippen LogP contribution in [-0.2, 0) is 17.9 Å². The minimum atomic E-state index is 0.110. The zero-order valence-electron chi connectivity index (χ0n) is 9.80. The first-order valence-corrected chi connectivity index (χ1v) is 6.04. The first kappa shape index (κ1) is 11.3. The smallest absolute Gasteiger partial charge is 0.137 e. The van der Waals surface area contributed by atoms with E-state index in [1.807, 2.05) is 10.9 Å². The van der Waals surface area contributed by atoms with Crippen LogP contribution in [0, 0.1) is 0 Å². The molecule has 1 aliphatic heterocycles. The lowest BCUT2D eigenvalue weighted by atomic mass is 10.0. The van der Waals surface area contributed by atoms with E-state index in [2.05, 4.69) is 23.1 Å². The van der Waals surface area contributed by atoms with Crippen molar-refractivity contribution in [2.45, 2.75) is 45.3 Å². The van der Waals surface area contributed by atoms with Crippen molar-refractivity contribution in [3.8, 4) is 0 Å². The number of piperidine rings is 1. The summed E-state index contributed by atoms with van der Waals surface area (Å²) in [5, 5.41) is 4.25. The van der Waals surface area contributed by atoms with Crippen LogP contribution in [0.3, 0.4) is 0 Å². The zero-order valence-corrected chi connectivity index (χ0v) is 9.80. The van der Waals surface area contributed by atoms with E-state index in [1.54, 1.807) is 0 Å². The summed E-state index contributed by atoms with van der Waals surface area (Å²) in [5.74, 6) is 0. The van der Waals surface area contributed by atoms with E-state index in [4.69, 9.17) is 0 Å². The fraction of sp³-hybridized carbons (Fsp3) is 0.667. The van der Waals surface area contributed by atoms with Gasteiger partial charge in [-0.25, -0.2) is 0 Å². The maximum Gasteiger partial charge on any atom is 0.137 e. The first-order chi connectivity index (χ1) is 7.83. The van der Waals surface area contributed by atoms with Gasteiger partial charge in [0.25, 0.3) is 0 Å². The Kier molecular flexibility index (Phi) is 3.72. The van der Waals surface area contributed by atoms with Crippen molar-refractivity contribution in [1.82, 2.24) is 14.7 Å². The van der Waals surface area contributed by atoms with E-state index in [9.17, 15) is 4.79 Å². The van der Waals surface area contributed by atoms with E-state index in [0.717, 1.165) is 32.3 Å². The second-order valence-corrected chi connectivity index (χ2v) is 4.37. The van der Waals surface area contributed by atoms with Gasteiger partial charge in [0.1, 0.15) is 6.29 Å². The van der Waals surface area contributed by atoms with Crippen molar-refractivity contribution >= 4 is 6.29 Å². The molecule has 2 rings (SSSR count). The second-order valence-electron chi connectivity index (χ2n) is 4.37. The number of nitrogens with zero attached hydrogens (tertiary/aromatic N) is 3. The van der Waals surface area contributed by atoms with Gasteiger partial charge >= 0.3 is 0 Å². The Labute approximate surface area is 96.2 Å². The van der Waals surface area contributed by atoms with E-state index in [-0.39, 0.29) is 6.04 Å². The Balaban J connectivity index is 1.99. The molecule has 1 aromatic rings. The van der Waals surface area contributed by atoms with E-state index < -0.39 is 0 Å². The third-order valence-corrected chi connectivity index (χ3v) is 3.22. The van der Waals surface area contributed by atoms with Crippen molar-refractivity contribution in [3.05, 3.63) is 18.0 Å². The van der Waals surface area contributed by atoms with Crippen LogP contribution in [0.15, 0.2) is 12.4 Å². The molecule has 16 heavy (non-hydrogen) atoms. The third-order valence-electron chi connectivity index (χ3n) is 3.22. The van der Waals surface area contributed by atoms with E-state index in [0.29, 0.717) is 0 Å². The number of aromatic nitrogens is 2. The molecule has 1 fully saturated rings. The summed E-state index contributed by atoms with van der Waals surface area (Å²) in [4.78, 5) is 13.2. The highest BCUT2D eigenvalue weighted by atomic mass is 16.1. The Hall–Kier alpha value is -1.16. The van der Waals surface area contributed by atoms with E-state index >= 15 is 0 Å². The topological polar surface area (TPSA) is 38.1 Å². The summed E-state index contributed by atoms with van der Waals surface area (Å²) in [6, 6.07) is 0.110. The average molecular weight is 221 g/mol. The van der Waals surface area contributed by atoms with Crippen LogP contribution >= 0.6 is 0 Å². The van der Waals surface area contributed by atoms with Gasteiger partial charge in [-0.2, -0.15) is 5.10 Å². The monoisotopic (exact) mass is 221 g/mol. The second kappa shape index (κ2) is 5.25. The van der Waals surface area contributed by atoms with Crippen LogP contribution in [0.1, 0.15) is 31.7 Å². The van der Waals surface area contributed by atoms with Gasteiger partial charge in [-0.05, 0) is 26.3 Å². The predicted octanol–water partition coefficient (Wildman–Crippen LogP) is 1.46. The summed E-state index contributed by atoms with van der Waals surface area (Å²) in [6.45, 7) is 4.85. The number of rotatable bonds is 4. The number of carbonyl (C=O) groups excluding carboxylic acids is 1. The summed E-state index contributed by atoms with van der Waals surface area (Å²) < 4.78 is 1.93. The maximum atomic E-state index is 11.0. The molecule has 2 heterocycles. The van der Waals surface area contributed by atoms with Crippen LogP contribution in [0.5, 0.6) is 0 Å². The molecule has 1 aromatic heterocycles. The van der Waals surface area contributed by atoms with Crippen molar-refractivity contribution in [2.75, 3.05) is 6.54 Å². The molecule has 0 N–H and O–H groups in total. The molecule has 0 spiro atoms. The summed E-state index contributed by atoms with van der Waals surface area (Å²) in [6.07, 6.45) is 8.44. The number of aldehydes is 1. The highest BCUT2D eigenvalue weighted by Gasteiger charge is 2.21. The van der Waals surface area contributed by atoms with Gasteiger partial charge in [0.15, 0.2) is 0 Å². The molecule has 88 valence electrons. The van der Waals surface area contributed by atoms with Crippen molar-refractivity contribution in [2.24, 2.45) is 0 Å². The van der Waals surface area contributed by atoms with Crippen molar-refractivity contribution < 1.29 is 4.79 Å². The molecular formula is C12H19N3O. The fourth-order valence-corrected chi connectivity index (χ4v) is 2.26. The molecule has 0 amide bonds. The summed E-state index contributed by atoms with van der Waals surface area (Å²) in [7, 11) is 0. The number of aryl methyl sites for hydroxylation is 1. The number of hydrogen-bond acceptors (Lipinski definition) is 3. The molecule has 4 nitrogen and oxygen atoms in total. The molecule has 1 unspecified atom stereocenters. The molecule has 1 atom stereocenters. The molecule has 0 aromatic carbocycles. The first-order valence-electron chi connectivity index (χ1n) is 6.04. The molecule has 0 aliphatic carbocycles. The van der Waals surface area contributed by atoms with Gasteiger partial charge in [-0.15, -0.1) is 0 Å². The number of hydrogen-bond donors (Lipinski definition) is 0. The lowest BCUT2D eigenvalue weighted by Gasteiger charge is -2.31. The fourth-order valence-electron chi connectivity index (χ4n) is 2.26.